The van der Waals surface area contributed by atoms with Crippen LogP contribution in [0, 0.1) is 6.92 Å². The van der Waals surface area contributed by atoms with Gasteiger partial charge in [-0.2, -0.15) is 0 Å². The van der Waals surface area contributed by atoms with Crippen LogP contribution in [0.4, 0.5) is 0 Å². The van der Waals surface area contributed by atoms with Gasteiger partial charge in [0.05, 0.1) is 18.8 Å². The summed E-state index contributed by atoms with van der Waals surface area (Å²) in [6.45, 7) is 6.83. The van der Waals surface area contributed by atoms with Crippen LogP contribution >= 0.6 is 0 Å². The molecule has 0 aliphatic heterocycles. The maximum atomic E-state index is 10.5. The summed E-state index contributed by atoms with van der Waals surface area (Å²) in [5.41, 5.74) is 11.1. The van der Waals surface area contributed by atoms with Gasteiger partial charge in [-0.3, -0.25) is 0 Å². The molecule has 4 atom stereocenters. The van der Waals surface area contributed by atoms with Crippen molar-refractivity contribution in [2.24, 2.45) is 5.73 Å². The number of nitrogens with one attached hydrogen (secondary N) is 1. The smallest absolute Gasteiger partial charge is 0.0850 e. The molecule has 144 valence electrons. The van der Waals surface area contributed by atoms with E-state index in [1.165, 1.54) is 16.7 Å². The number of aryl methyl sites for hydroxylation is 1. The van der Waals surface area contributed by atoms with Crippen LogP contribution in [0.1, 0.15) is 40.8 Å². The highest BCUT2D eigenvalue weighted by molar-refractivity contribution is 5.39. The Morgan fingerprint density at radius 1 is 1.26 bits per heavy atom. The molecule has 4 N–H and O–H groups in total. The molecule has 2 aromatic rings. The molecule has 1 aliphatic rings. The predicted octanol–water partition coefficient (Wildman–Crippen LogP) is 3.20. The molecule has 0 unspecified atom stereocenters. The van der Waals surface area contributed by atoms with Gasteiger partial charge in [-0.25, -0.2) is 0 Å². The molecule has 0 bridgehead atoms. The van der Waals surface area contributed by atoms with Gasteiger partial charge in [0.1, 0.15) is 0 Å². The first-order valence-electron chi connectivity index (χ1n) is 9.62. The second kappa shape index (κ2) is 9.29. The lowest BCUT2D eigenvalue weighted by Gasteiger charge is -2.22. The van der Waals surface area contributed by atoms with Gasteiger partial charge in [0.2, 0.25) is 0 Å². The van der Waals surface area contributed by atoms with Gasteiger partial charge in [-0.1, -0.05) is 60.2 Å². The lowest BCUT2D eigenvalue weighted by atomic mass is 10.0. The van der Waals surface area contributed by atoms with Crippen molar-refractivity contribution >= 4 is 0 Å². The fraction of sp³-hybridized carbons (Fsp3) is 0.391. The average Bonchev–Trinajstić information content (AvgIpc) is 3.02. The van der Waals surface area contributed by atoms with Crippen molar-refractivity contribution in [1.29, 1.82) is 0 Å². The van der Waals surface area contributed by atoms with Gasteiger partial charge < -0.3 is 20.9 Å². The van der Waals surface area contributed by atoms with Crippen molar-refractivity contribution in [3.63, 3.8) is 0 Å². The van der Waals surface area contributed by atoms with Crippen LogP contribution in [0.3, 0.4) is 0 Å². The van der Waals surface area contributed by atoms with E-state index >= 15 is 0 Å². The molecule has 0 amide bonds. The van der Waals surface area contributed by atoms with Gasteiger partial charge in [-0.15, -0.1) is 6.58 Å². The lowest BCUT2D eigenvalue weighted by molar-refractivity contribution is 0.0678. The number of hydrogen-bond acceptors (Lipinski definition) is 4. The number of fused-ring (bicyclic) bond motifs is 1. The number of hydrogen-bond donors (Lipinski definition) is 3. The third-order valence-electron chi connectivity index (χ3n) is 5.21. The summed E-state index contributed by atoms with van der Waals surface area (Å²) in [5, 5.41) is 14.0. The van der Waals surface area contributed by atoms with Crippen LogP contribution in [0.5, 0.6) is 0 Å². The summed E-state index contributed by atoms with van der Waals surface area (Å²) < 4.78 is 5.94. The minimum absolute atomic E-state index is 0.0613. The minimum Gasteiger partial charge on any atom is -0.390 e. The topological polar surface area (TPSA) is 67.5 Å². The largest absolute Gasteiger partial charge is 0.390 e. The van der Waals surface area contributed by atoms with E-state index in [4.69, 9.17) is 10.5 Å². The first-order valence-corrected chi connectivity index (χ1v) is 9.62. The fourth-order valence-electron chi connectivity index (χ4n) is 3.73. The molecular formula is C23H30N2O2. The van der Waals surface area contributed by atoms with Gasteiger partial charge >= 0.3 is 0 Å². The molecule has 0 aromatic heterocycles. The number of rotatable bonds is 9. The number of ether oxygens (including phenoxy) is 1. The van der Waals surface area contributed by atoms with E-state index in [-0.39, 0.29) is 18.2 Å². The molecule has 4 heteroatoms. The Kier molecular flexibility index (Phi) is 6.80. The second-order valence-electron chi connectivity index (χ2n) is 7.36. The summed E-state index contributed by atoms with van der Waals surface area (Å²) in [7, 11) is 0. The SMILES string of the molecule is C=CCO[C@@H]1C[C@H](NC[C@@H](O)[C@@H](N)Cc2ccccc2)c2cc(C)ccc21. The molecule has 0 radical (unpaired) electrons. The molecule has 1 aliphatic carbocycles. The first kappa shape index (κ1) is 19.8. The van der Waals surface area contributed by atoms with Crippen LogP contribution < -0.4 is 11.1 Å². The summed E-state index contributed by atoms with van der Waals surface area (Å²) in [5.74, 6) is 0. The monoisotopic (exact) mass is 366 g/mol. The molecule has 3 rings (SSSR count). The van der Waals surface area contributed by atoms with Crippen molar-refractivity contribution in [2.45, 2.75) is 44.1 Å². The fourth-order valence-corrected chi connectivity index (χ4v) is 3.73. The molecule has 0 fully saturated rings. The summed E-state index contributed by atoms with van der Waals surface area (Å²) >= 11 is 0. The second-order valence-corrected chi connectivity index (χ2v) is 7.36. The standard InChI is InChI=1S/C23H30N2O2/c1-3-11-27-23-14-21(19-12-16(2)9-10-18(19)23)25-15-22(26)20(24)13-17-7-5-4-6-8-17/h3-10,12,20-23,25-26H,1,11,13-15,24H2,2H3/t20-,21-,22+,23+/m0/s1. The maximum absolute atomic E-state index is 10.5. The van der Waals surface area contributed by atoms with Gasteiger partial charge in [0, 0.05) is 18.6 Å². The molecule has 4 nitrogen and oxygen atoms in total. The van der Waals surface area contributed by atoms with Crippen molar-refractivity contribution in [1.82, 2.24) is 5.32 Å². The zero-order valence-electron chi connectivity index (χ0n) is 16.0. The van der Waals surface area contributed by atoms with Crippen molar-refractivity contribution in [3.8, 4) is 0 Å². The van der Waals surface area contributed by atoms with E-state index in [1.807, 2.05) is 30.3 Å². The van der Waals surface area contributed by atoms with E-state index in [1.54, 1.807) is 6.08 Å². The molecule has 0 saturated heterocycles. The zero-order chi connectivity index (χ0) is 19.2. The molecular weight excluding hydrogens is 336 g/mol. The Morgan fingerprint density at radius 3 is 2.78 bits per heavy atom. The van der Waals surface area contributed by atoms with Crippen molar-refractivity contribution < 1.29 is 9.84 Å². The highest BCUT2D eigenvalue weighted by Crippen LogP contribution is 2.41. The van der Waals surface area contributed by atoms with E-state index in [9.17, 15) is 5.11 Å². The Labute approximate surface area is 162 Å². The van der Waals surface area contributed by atoms with E-state index in [0.717, 1.165) is 12.0 Å². The van der Waals surface area contributed by atoms with Crippen molar-refractivity contribution in [3.05, 3.63) is 83.4 Å². The van der Waals surface area contributed by atoms with Crippen LogP contribution in [0.25, 0.3) is 0 Å². The number of benzene rings is 2. The van der Waals surface area contributed by atoms with Crippen LogP contribution in [-0.4, -0.2) is 30.4 Å². The van der Waals surface area contributed by atoms with Crippen LogP contribution in [0.15, 0.2) is 61.2 Å². The van der Waals surface area contributed by atoms with Gasteiger partial charge in [0.15, 0.2) is 0 Å². The molecule has 0 spiro atoms. The highest BCUT2D eigenvalue weighted by atomic mass is 16.5. The highest BCUT2D eigenvalue weighted by Gasteiger charge is 2.31. The Hall–Kier alpha value is -1.98. The number of aliphatic hydroxyl groups is 1. The molecule has 27 heavy (non-hydrogen) atoms. The zero-order valence-corrected chi connectivity index (χ0v) is 16.0. The van der Waals surface area contributed by atoms with E-state index in [2.05, 4.69) is 37.0 Å². The minimum atomic E-state index is -0.605. The third kappa shape index (κ3) is 5.05. The Morgan fingerprint density at radius 2 is 2.04 bits per heavy atom. The predicted molar refractivity (Wildman–Crippen MR) is 110 cm³/mol. The molecule has 0 saturated carbocycles. The molecule has 0 heterocycles. The van der Waals surface area contributed by atoms with E-state index in [0.29, 0.717) is 19.6 Å². The van der Waals surface area contributed by atoms with Gasteiger partial charge in [0.25, 0.3) is 0 Å². The van der Waals surface area contributed by atoms with Crippen LogP contribution in [-0.2, 0) is 11.2 Å². The third-order valence-corrected chi connectivity index (χ3v) is 5.21. The summed E-state index contributed by atoms with van der Waals surface area (Å²) in [6.07, 6.45) is 2.75. The maximum Gasteiger partial charge on any atom is 0.0850 e. The number of aliphatic hydroxyl groups excluding tert-OH is 1. The molecule has 2 aromatic carbocycles. The summed E-state index contributed by atoms with van der Waals surface area (Å²) in [4.78, 5) is 0. The summed E-state index contributed by atoms with van der Waals surface area (Å²) in [6, 6.07) is 16.4. The normalized spacial score (nSPS) is 20.9. The van der Waals surface area contributed by atoms with Crippen molar-refractivity contribution in [2.75, 3.05) is 13.2 Å². The lowest BCUT2D eigenvalue weighted by Crippen LogP contribution is -2.43. The Balaban J connectivity index is 1.60. The quantitative estimate of drug-likeness (QED) is 0.596. The Bertz CT molecular complexity index is 747. The first-order chi connectivity index (χ1) is 13.1. The van der Waals surface area contributed by atoms with E-state index < -0.39 is 6.10 Å². The van der Waals surface area contributed by atoms with Gasteiger partial charge in [-0.05, 0) is 36.5 Å². The van der Waals surface area contributed by atoms with Crippen LogP contribution in [0.2, 0.25) is 0 Å². The average molecular weight is 367 g/mol. The number of nitrogens with two attached hydrogens (primary N) is 1.